The molecule has 1 saturated heterocycles. The van der Waals surface area contributed by atoms with Gasteiger partial charge in [-0.25, -0.2) is 0 Å². The van der Waals surface area contributed by atoms with E-state index in [9.17, 15) is 0 Å². The lowest BCUT2D eigenvalue weighted by Crippen LogP contribution is -2.45. The molecule has 0 aromatic rings. The third-order valence-electron chi connectivity index (χ3n) is 3.72. The molecule has 2 fully saturated rings. The molecule has 1 heteroatoms. The van der Waals surface area contributed by atoms with Crippen molar-refractivity contribution in [3.05, 3.63) is 0 Å². The van der Waals surface area contributed by atoms with Gasteiger partial charge in [-0.2, -0.15) is 0 Å². The summed E-state index contributed by atoms with van der Waals surface area (Å²) in [6, 6.07) is 0. The maximum absolute atomic E-state index is 2.62. The van der Waals surface area contributed by atoms with Crippen molar-refractivity contribution in [1.29, 1.82) is 0 Å². The first kappa shape index (κ1) is 9.51. The molecule has 0 radical (unpaired) electrons. The largest absolute Gasteiger partial charge is 0.303 e. The molecule has 0 aromatic heterocycles. The highest BCUT2D eigenvalue weighted by molar-refractivity contribution is 4.77. The van der Waals surface area contributed by atoms with E-state index >= 15 is 0 Å². The Morgan fingerprint density at radius 3 is 2.38 bits per heavy atom. The summed E-state index contributed by atoms with van der Waals surface area (Å²) in [5.74, 6) is 2.05. The fourth-order valence-corrected chi connectivity index (χ4v) is 2.85. The first-order valence-electron chi connectivity index (χ1n) is 6.07. The van der Waals surface area contributed by atoms with E-state index in [1.807, 2.05) is 0 Å². The molecule has 1 nitrogen and oxygen atoms in total. The molecule has 2 rings (SSSR count). The highest BCUT2D eigenvalue weighted by atomic mass is 15.2. The fraction of sp³-hybridized carbons (Fsp3) is 1.00. The molecule has 2 aliphatic rings. The van der Waals surface area contributed by atoms with Gasteiger partial charge >= 0.3 is 0 Å². The van der Waals surface area contributed by atoms with Crippen molar-refractivity contribution in [1.82, 2.24) is 4.90 Å². The van der Waals surface area contributed by atoms with Crippen LogP contribution in [0.15, 0.2) is 0 Å². The maximum Gasteiger partial charge on any atom is 0.00194 e. The topological polar surface area (TPSA) is 3.24 Å². The second kappa shape index (κ2) is 4.45. The Morgan fingerprint density at radius 1 is 1.08 bits per heavy atom. The third kappa shape index (κ3) is 2.70. The SMILES string of the molecule is CC1CN(CCC2CCCCC2)C1. The van der Waals surface area contributed by atoms with Crippen LogP contribution in [0.25, 0.3) is 0 Å². The van der Waals surface area contributed by atoms with Crippen molar-refractivity contribution in [3.63, 3.8) is 0 Å². The molecule has 0 atom stereocenters. The molecule has 0 aromatic carbocycles. The summed E-state index contributed by atoms with van der Waals surface area (Å²) in [5.41, 5.74) is 0. The van der Waals surface area contributed by atoms with E-state index in [0.717, 1.165) is 11.8 Å². The molecule has 1 heterocycles. The summed E-state index contributed by atoms with van der Waals surface area (Å²) in [6.45, 7) is 6.48. The van der Waals surface area contributed by atoms with Gasteiger partial charge in [0.1, 0.15) is 0 Å². The van der Waals surface area contributed by atoms with Gasteiger partial charge in [-0.05, 0) is 24.8 Å². The molecule has 0 unspecified atom stereocenters. The Morgan fingerprint density at radius 2 is 1.77 bits per heavy atom. The van der Waals surface area contributed by atoms with Crippen LogP contribution in [0.4, 0.5) is 0 Å². The molecule has 76 valence electrons. The van der Waals surface area contributed by atoms with Crippen molar-refractivity contribution in [2.75, 3.05) is 19.6 Å². The first-order valence-corrected chi connectivity index (χ1v) is 6.07. The molecular formula is C12H23N. The maximum atomic E-state index is 2.62. The lowest BCUT2D eigenvalue weighted by atomic mass is 9.86. The van der Waals surface area contributed by atoms with Gasteiger partial charge in [-0.1, -0.05) is 39.0 Å². The second-order valence-corrected chi connectivity index (χ2v) is 5.16. The number of hydrogen-bond donors (Lipinski definition) is 0. The van der Waals surface area contributed by atoms with Crippen LogP contribution in [0.3, 0.4) is 0 Å². The summed E-state index contributed by atoms with van der Waals surface area (Å²) in [6.07, 6.45) is 9.01. The summed E-state index contributed by atoms with van der Waals surface area (Å²) >= 11 is 0. The van der Waals surface area contributed by atoms with Crippen LogP contribution in [-0.4, -0.2) is 24.5 Å². The highest BCUT2D eigenvalue weighted by Gasteiger charge is 2.23. The van der Waals surface area contributed by atoms with Crippen LogP contribution in [0.1, 0.15) is 45.4 Å². The first-order chi connectivity index (χ1) is 6.34. The van der Waals surface area contributed by atoms with Crippen molar-refractivity contribution in [3.8, 4) is 0 Å². The van der Waals surface area contributed by atoms with Crippen molar-refractivity contribution < 1.29 is 0 Å². The van der Waals surface area contributed by atoms with E-state index in [-0.39, 0.29) is 0 Å². The number of nitrogens with zero attached hydrogens (tertiary/aromatic N) is 1. The van der Waals surface area contributed by atoms with Crippen LogP contribution in [0.5, 0.6) is 0 Å². The zero-order valence-electron chi connectivity index (χ0n) is 8.97. The van der Waals surface area contributed by atoms with Crippen molar-refractivity contribution in [2.24, 2.45) is 11.8 Å². The van der Waals surface area contributed by atoms with Crippen LogP contribution in [-0.2, 0) is 0 Å². The summed E-state index contributed by atoms with van der Waals surface area (Å²) < 4.78 is 0. The molecular weight excluding hydrogens is 158 g/mol. The summed E-state index contributed by atoms with van der Waals surface area (Å²) in [5, 5.41) is 0. The molecule has 13 heavy (non-hydrogen) atoms. The third-order valence-corrected chi connectivity index (χ3v) is 3.72. The van der Waals surface area contributed by atoms with Gasteiger partial charge in [0.2, 0.25) is 0 Å². The van der Waals surface area contributed by atoms with Gasteiger partial charge in [-0.15, -0.1) is 0 Å². The Balaban J connectivity index is 1.56. The highest BCUT2D eigenvalue weighted by Crippen LogP contribution is 2.27. The molecule has 1 aliphatic carbocycles. The number of rotatable bonds is 3. The van der Waals surface area contributed by atoms with Crippen LogP contribution < -0.4 is 0 Å². The molecule has 0 bridgehead atoms. The molecule has 1 aliphatic heterocycles. The Labute approximate surface area is 82.5 Å². The van der Waals surface area contributed by atoms with Gasteiger partial charge < -0.3 is 4.90 Å². The van der Waals surface area contributed by atoms with E-state index in [4.69, 9.17) is 0 Å². The van der Waals surface area contributed by atoms with E-state index < -0.39 is 0 Å². The Bertz CT molecular complexity index is 143. The summed E-state index contributed by atoms with van der Waals surface area (Å²) in [4.78, 5) is 2.62. The Hall–Kier alpha value is -0.0400. The quantitative estimate of drug-likeness (QED) is 0.647. The zero-order valence-corrected chi connectivity index (χ0v) is 8.97. The lowest BCUT2D eigenvalue weighted by molar-refractivity contribution is 0.101. The molecule has 1 saturated carbocycles. The number of likely N-dealkylation sites (tertiary alicyclic amines) is 1. The van der Waals surface area contributed by atoms with Crippen LogP contribution in [0, 0.1) is 11.8 Å². The molecule has 0 spiro atoms. The minimum Gasteiger partial charge on any atom is -0.303 e. The average molecular weight is 181 g/mol. The van der Waals surface area contributed by atoms with Crippen LogP contribution >= 0.6 is 0 Å². The predicted molar refractivity (Wildman–Crippen MR) is 56.8 cm³/mol. The lowest BCUT2D eigenvalue weighted by Gasteiger charge is -2.38. The smallest absolute Gasteiger partial charge is 0.00194 e. The average Bonchev–Trinajstić information content (AvgIpc) is 2.12. The zero-order chi connectivity index (χ0) is 9.10. The van der Waals surface area contributed by atoms with Crippen LogP contribution in [0.2, 0.25) is 0 Å². The second-order valence-electron chi connectivity index (χ2n) is 5.16. The van der Waals surface area contributed by atoms with Gasteiger partial charge in [0.25, 0.3) is 0 Å². The van der Waals surface area contributed by atoms with E-state index in [0.29, 0.717) is 0 Å². The van der Waals surface area contributed by atoms with Crippen molar-refractivity contribution in [2.45, 2.75) is 45.4 Å². The van der Waals surface area contributed by atoms with Gasteiger partial charge in [-0.3, -0.25) is 0 Å². The van der Waals surface area contributed by atoms with Gasteiger partial charge in [0.15, 0.2) is 0 Å². The normalized spacial score (nSPS) is 27.5. The number of hydrogen-bond acceptors (Lipinski definition) is 1. The minimum absolute atomic E-state index is 0.978. The van der Waals surface area contributed by atoms with E-state index in [1.54, 1.807) is 0 Å². The Kier molecular flexibility index (Phi) is 3.26. The van der Waals surface area contributed by atoms with E-state index in [1.165, 1.54) is 58.2 Å². The van der Waals surface area contributed by atoms with Crippen molar-refractivity contribution >= 4 is 0 Å². The fourth-order valence-electron chi connectivity index (χ4n) is 2.85. The predicted octanol–water partition coefficient (Wildman–Crippen LogP) is 2.91. The van der Waals surface area contributed by atoms with Gasteiger partial charge in [0, 0.05) is 13.1 Å². The standard InChI is InChI=1S/C12H23N/c1-11-9-13(10-11)8-7-12-5-3-2-4-6-12/h11-12H,2-10H2,1H3. The van der Waals surface area contributed by atoms with Gasteiger partial charge in [0.05, 0.1) is 0 Å². The summed E-state index contributed by atoms with van der Waals surface area (Å²) in [7, 11) is 0. The molecule has 0 N–H and O–H groups in total. The minimum atomic E-state index is 0.978. The monoisotopic (exact) mass is 181 g/mol. The molecule has 0 amide bonds. The van der Waals surface area contributed by atoms with E-state index in [2.05, 4.69) is 11.8 Å².